The Morgan fingerprint density at radius 2 is 1.61 bits per heavy atom. The smallest absolute Gasteiger partial charge is 0.257 e. The molecule has 23 heavy (non-hydrogen) atoms. The number of nitrogens with one attached hydrogen (secondary N) is 2. The zero-order valence-corrected chi connectivity index (χ0v) is 13.3. The number of hydrogen-bond acceptors (Lipinski definition) is 5. The van der Waals surface area contributed by atoms with Crippen molar-refractivity contribution in [1.29, 1.82) is 0 Å². The van der Waals surface area contributed by atoms with Gasteiger partial charge in [-0.1, -0.05) is 0 Å². The zero-order chi connectivity index (χ0) is 17.0. The van der Waals surface area contributed by atoms with Gasteiger partial charge in [0.05, 0.1) is 4.90 Å². The third kappa shape index (κ3) is 4.74. The average Bonchev–Trinajstić information content (AvgIpc) is 2.47. The van der Waals surface area contributed by atoms with Crippen LogP contribution in [0.1, 0.15) is 10.4 Å². The number of nitrogens with two attached hydrogens (primary N) is 1. The standard InChI is InChI=1S/C14H13N3O4S2/c15-23(20,21)12-7-3-10(4-8-12)16-14(22)17-13(19)9-1-5-11(18)6-2-9/h1-8,18H,(H2,15,20,21)(H2,16,17,19,22). The zero-order valence-electron chi connectivity index (χ0n) is 11.7. The van der Waals surface area contributed by atoms with E-state index in [-0.39, 0.29) is 15.8 Å². The minimum absolute atomic E-state index is 0.0258. The van der Waals surface area contributed by atoms with Crippen LogP contribution < -0.4 is 15.8 Å². The van der Waals surface area contributed by atoms with Crippen LogP contribution in [0.3, 0.4) is 0 Å². The molecule has 0 radical (unpaired) electrons. The van der Waals surface area contributed by atoms with Crippen LogP contribution in [0.2, 0.25) is 0 Å². The minimum atomic E-state index is -3.76. The van der Waals surface area contributed by atoms with E-state index in [2.05, 4.69) is 10.6 Å². The van der Waals surface area contributed by atoms with E-state index >= 15 is 0 Å². The predicted molar refractivity (Wildman–Crippen MR) is 89.6 cm³/mol. The first kappa shape index (κ1) is 16.9. The molecule has 0 aromatic heterocycles. The van der Waals surface area contributed by atoms with Crippen molar-refractivity contribution in [1.82, 2.24) is 5.32 Å². The summed E-state index contributed by atoms with van der Waals surface area (Å²) in [4.78, 5) is 11.9. The summed E-state index contributed by atoms with van der Waals surface area (Å²) >= 11 is 5.01. The molecule has 0 atom stereocenters. The lowest BCUT2D eigenvalue weighted by Gasteiger charge is -2.10. The number of carbonyl (C=O) groups excluding carboxylic acids is 1. The van der Waals surface area contributed by atoms with Gasteiger partial charge in [-0.3, -0.25) is 10.1 Å². The summed E-state index contributed by atoms with van der Waals surface area (Å²) in [6.45, 7) is 0. The van der Waals surface area contributed by atoms with Crippen LogP contribution in [0.15, 0.2) is 53.4 Å². The largest absolute Gasteiger partial charge is 0.508 e. The van der Waals surface area contributed by atoms with Crippen molar-refractivity contribution in [2.75, 3.05) is 5.32 Å². The van der Waals surface area contributed by atoms with E-state index in [0.717, 1.165) is 0 Å². The first-order valence-electron chi connectivity index (χ1n) is 6.30. The van der Waals surface area contributed by atoms with Gasteiger partial charge in [-0.2, -0.15) is 0 Å². The van der Waals surface area contributed by atoms with Gasteiger partial charge >= 0.3 is 0 Å². The van der Waals surface area contributed by atoms with Crippen LogP contribution in [-0.4, -0.2) is 24.5 Å². The van der Waals surface area contributed by atoms with Crippen molar-refractivity contribution in [2.45, 2.75) is 4.90 Å². The van der Waals surface area contributed by atoms with E-state index in [1.165, 1.54) is 48.5 Å². The molecule has 0 bridgehead atoms. The van der Waals surface area contributed by atoms with Gasteiger partial charge in [-0.05, 0) is 60.7 Å². The highest BCUT2D eigenvalue weighted by Gasteiger charge is 2.09. The number of phenolic OH excluding ortho intramolecular Hbond substituents is 1. The molecule has 0 fully saturated rings. The molecule has 7 nitrogen and oxygen atoms in total. The van der Waals surface area contributed by atoms with Gasteiger partial charge in [-0.25, -0.2) is 13.6 Å². The van der Waals surface area contributed by atoms with Crippen LogP contribution >= 0.6 is 12.2 Å². The Labute approximate surface area is 138 Å². The molecule has 9 heteroatoms. The third-order valence-electron chi connectivity index (χ3n) is 2.80. The van der Waals surface area contributed by atoms with Crippen LogP contribution in [0.25, 0.3) is 0 Å². The van der Waals surface area contributed by atoms with Gasteiger partial charge in [0.25, 0.3) is 5.91 Å². The van der Waals surface area contributed by atoms with Gasteiger partial charge in [0.15, 0.2) is 5.11 Å². The monoisotopic (exact) mass is 351 g/mol. The van der Waals surface area contributed by atoms with Gasteiger partial charge in [-0.15, -0.1) is 0 Å². The summed E-state index contributed by atoms with van der Waals surface area (Å²) in [5.74, 6) is -0.388. The van der Waals surface area contributed by atoms with Crippen molar-refractivity contribution >= 4 is 38.9 Å². The Morgan fingerprint density at radius 3 is 2.13 bits per heavy atom. The van der Waals surface area contributed by atoms with E-state index in [9.17, 15) is 18.3 Å². The second-order valence-electron chi connectivity index (χ2n) is 4.52. The summed E-state index contributed by atoms with van der Waals surface area (Å²) < 4.78 is 22.3. The minimum Gasteiger partial charge on any atom is -0.508 e. The fourth-order valence-corrected chi connectivity index (χ4v) is 2.40. The topological polar surface area (TPSA) is 122 Å². The molecule has 120 valence electrons. The lowest BCUT2D eigenvalue weighted by atomic mass is 10.2. The summed E-state index contributed by atoms with van der Waals surface area (Å²) in [7, 11) is -3.76. The first-order chi connectivity index (χ1) is 10.8. The number of anilines is 1. The molecule has 0 saturated heterocycles. The fraction of sp³-hybridized carbons (Fsp3) is 0. The molecule has 2 aromatic carbocycles. The molecule has 0 aliphatic rings. The van der Waals surface area contributed by atoms with Crippen LogP contribution in [0.5, 0.6) is 5.75 Å². The molecule has 0 unspecified atom stereocenters. The Kier molecular flexibility index (Phi) is 4.94. The number of primary sulfonamides is 1. The number of hydrogen-bond donors (Lipinski definition) is 4. The van der Waals surface area contributed by atoms with E-state index in [1.807, 2.05) is 0 Å². The lowest BCUT2D eigenvalue weighted by molar-refractivity contribution is 0.0977. The molecule has 0 spiro atoms. The summed E-state index contributed by atoms with van der Waals surface area (Å²) in [6.07, 6.45) is 0. The SMILES string of the molecule is NS(=O)(=O)c1ccc(NC(=S)NC(=O)c2ccc(O)cc2)cc1. The van der Waals surface area contributed by atoms with E-state index in [1.54, 1.807) is 0 Å². The number of rotatable bonds is 3. The maximum Gasteiger partial charge on any atom is 0.257 e. The van der Waals surface area contributed by atoms with Crippen LogP contribution in [0.4, 0.5) is 5.69 Å². The average molecular weight is 351 g/mol. The summed E-state index contributed by atoms with van der Waals surface area (Å²) in [5, 5.41) is 19.4. The van der Waals surface area contributed by atoms with Crippen molar-refractivity contribution in [3.63, 3.8) is 0 Å². The second kappa shape index (κ2) is 6.73. The maximum absolute atomic E-state index is 11.9. The van der Waals surface area contributed by atoms with Gasteiger partial charge in [0.2, 0.25) is 10.0 Å². The van der Waals surface area contributed by atoms with Crippen LogP contribution in [-0.2, 0) is 10.0 Å². The van der Waals surface area contributed by atoms with E-state index in [4.69, 9.17) is 17.4 Å². The normalized spacial score (nSPS) is 10.8. The molecule has 0 saturated carbocycles. The molecule has 2 rings (SSSR count). The first-order valence-corrected chi connectivity index (χ1v) is 8.25. The third-order valence-corrected chi connectivity index (χ3v) is 3.93. The Balaban J connectivity index is 1.99. The molecule has 1 amide bonds. The van der Waals surface area contributed by atoms with E-state index in [0.29, 0.717) is 11.3 Å². The van der Waals surface area contributed by atoms with Crippen LogP contribution in [0, 0.1) is 0 Å². The highest BCUT2D eigenvalue weighted by Crippen LogP contribution is 2.13. The predicted octanol–water partition coefficient (Wildman–Crippen LogP) is 1.17. The number of phenols is 1. The van der Waals surface area contributed by atoms with Gasteiger partial charge in [0, 0.05) is 11.3 Å². The number of benzene rings is 2. The fourth-order valence-electron chi connectivity index (χ4n) is 1.68. The molecule has 5 N–H and O–H groups in total. The highest BCUT2D eigenvalue weighted by molar-refractivity contribution is 7.89. The van der Waals surface area contributed by atoms with Crippen molar-refractivity contribution in [2.24, 2.45) is 5.14 Å². The highest BCUT2D eigenvalue weighted by atomic mass is 32.2. The molecular weight excluding hydrogens is 338 g/mol. The number of amides is 1. The lowest BCUT2D eigenvalue weighted by Crippen LogP contribution is -2.34. The molecule has 2 aromatic rings. The molecule has 0 heterocycles. The Bertz CT molecular complexity index is 831. The number of carbonyl (C=O) groups is 1. The maximum atomic E-state index is 11.9. The van der Waals surface area contributed by atoms with E-state index < -0.39 is 15.9 Å². The summed E-state index contributed by atoms with van der Waals surface area (Å²) in [6, 6.07) is 11.3. The molecule has 0 aliphatic heterocycles. The van der Waals surface area contributed by atoms with Gasteiger partial charge in [0.1, 0.15) is 5.75 Å². The quantitative estimate of drug-likeness (QED) is 0.616. The van der Waals surface area contributed by atoms with Crippen molar-refractivity contribution < 1.29 is 18.3 Å². The molecular formula is C14H13N3O4S2. The number of thiocarbonyl (C=S) groups is 1. The summed E-state index contributed by atoms with van der Waals surface area (Å²) in [5.41, 5.74) is 0.824. The van der Waals surface area contributed by atoms with Crippen molar-refractivity contribution in [3.8, 4) is 5.75 Å². The van der Waals surface area contributed by atoms with Gasteiger partial charge < -0.3 is 10.4 Å². The Morgan fingerprint density at radius 1 is 1.04 bits per heavy atom. The van der Waals surface area contributed by atoms with Crippen molar-refractivity contribution in [3.05, 3.63) is 54.1 Å². The second-order valence-corrected chi connectivity index (χ2v) is 6.49. The molecule has 0 aliphatic carbocycles. The number of sulfonamides is 1. The number of aromatic hydroxyl groups is 1. The Hall–Kier alpha value is -2.49.